The third kappa shape index (κ3) is 6.17. The Kier molecular flexibility index (Phi) is 7.87. The van der Waals surface area contributed by atoms with Crippen LogP contribution in [0.25, 0.3) is 0 Å². The second-order valence-electron chi connectivity index (χ2n) is 5.85. The van der Waals surface area contributed by atoms with Crippen LogP contribution in [0.15, 0.2) is 0 Å². The Balaban J connectivity index is 2.27. The zero-order valence-electron chi connectivity index (χ0n) is 12.1. The van der Waals surface area contributed by atoms with Crippen LogP contribution in [0, 0.1) is 0 Å². The van der Waals surface area contributed by atoms with Gasteiger partial charge in [0.05, 0.1) is 12.2 Å². The third-order valence-corrected chi connectivity index (χ3v) is 3.93. The molecule has 0 aromatic rings. The second kappa shape index (κ2) is 8.89. The predicted octanol–water partition coefficient (Wildman–Crippen LogP) is 2.60. The molecule has 0 saturated carbocycles. The maximum atomic E-state index is 9.86. The molecule has 0 radical (unpaired) electrons. The van der Waals surface area contributed by atoms with E-state index < -0.39 is 0 Å². The first-order chi connectivity index (χ1) is 8.65. The average molecular weight is 257 g/mol. The highest BCUT2D eigenvalue weighted by atomic mass is 16.3. The van der Waals surface area contributed by atoms with E-state index in [2.05, 4.69) is 19.2 Å². The largest absolute Gasteiger partial charge is 0.393 e. The Morgan fingerprint density at radius 3 is 1.78 bits per heavy atom. The van der Waals surface area contributed by atoms with E-state index in [0.717, 1.165) is 38.5 Å². The Hall–Kier alpha value is -0.120. The standard InChI is InChI=1S/C15H31NO2/c1-3-6-14(17)10-12-8-5-9-13(16-12)11-15(18)7-4-2/h12-18H,3-11H2,1-2H3. The molecule has 4 unspecified atom stereocenters. The summed E-state index contributed by atoms with van der Waals surface area (Å²) >= 11 is 0. The lowest BCUT2D eigenvalue weighted by molar-refractivity contribution is 0.107. The lowest BCUT2D eigenvalue weighted by atomic mass is 9.91. The molecule has 1 saturated heterocycles. The van der Waals surface area contributed by atoms with Crippen LogP contribution in [0.3, 0.4) is 0 Å². The highest BCUT2D eigenvalue weighted by molar-refractivity contribution is 4.83. The average Bonchev–Trinajstić information content (AvgIpc) is 2.29. The first-order valence-corrected chi connectivity index (χ1v) is 7.77. The van der Waals surface area contributed by atoms with Crippen LogP contribution < -0.4 is 5.32 Å². The Morgan fingerprint density at radius 2 is 1.39 bits per heavy atom. The summed E-state index contributed by atoms with van der Waals surface area (Å²) < 4.78 is 0. The molecule has 108 valence electrons. The van der Waals surface area contributed by atoms with Crippen LogP contribution in [0.4, 0.5) is 0 Å². The first-order valence-electron chi connectivity index (χ1n) is 7.77. The number of aliphatic hydroxyl groups is 2. The van der Waals surface area contributed by atoms with Crippen LogP contribution in [-0.2, 0) is 0 Å². The van der Waals surface area contributed by atoms with Gasteiger partial charge >= 0.3 is 0 Å². The summed E-state index contributed by atoms with van der Waals surface area (Å²) in [6.07, 6.45) is 8.88. The second-order valence-corrected chi connectivity index (χ2v) is 5.85. The maximum Gasteiger partial charge on any atom is 0.0555 e. The smallest absolute Gasteiger partial charge is 0.0555 e. The van der Waals surface area contributed by atoms with Crippen LogP contribution in [-0.4, -0.2) is 34.5 Å². The van der Waals surface area contributed by atoms with Gasteiger partial charge in [-0.2, -0.15) is 0 Å². The molecule has 18 heavy (non-hydrogen) atoms. The molecule has 3 N–H and O–H groups in total. The van der Waals surface area contributed by atoms with E-state index >= 15 is 0 Å². The summed E-state index contributed by atoms with van der Waals surface area (Å²) in [7, 11) is 0. The van der Waals surface area contributed by atoms with E-state index in [9.17, 15) is 10.2 Å². The van der Waals surface area contributed by atoms with Crippen molar-refractivity contribution in [2.24, 2.45) is 0 Å². The molecule has 1 aliphatic heterocycles. The van der Waals surface area contributed by atoms with Crippen molar-refractivity contribution in [3.63, 3.8) is 0 Å². The van der Waals surface area contributed by atoms with Gasteiger partial charge in [0, 0.05) is 12.1 Å². The van der Waals surface area contributed by atoms with Gasteiger partial charge in [-0.3, -0.25) is 0 Å². The van der Waals surface area contributed by atoms with Crippen molar-refractivity contribution < 1.29 is 10.2 Å². The number of rotatable bonds is 8. The molecule has 1 aliphatic rings. The Morgan fingerprint density at radius 1 is 0.944 bits per heavy atom. The highest BCUT2D eigenvalue weighted by Gasteiger charge is 2.24. The number of nitrogens with one attached hydrogen (secondary N) is 1. The number of aliphatic hydroxyl groups excluding tert-OH is 2. The highest BCUT2D eigenvalue weighted by Crippen LogP contribution is 2.21. The summed E-state index contributed by atoms with van der Waals surface area (Å²) in [5.41, 5.74) is 0. The van der Waals surface area contributed by atoms with Crippen molar-refractivity contribution >= 4 is 0 Å². The number of piperidine rings is 1. The Labute approximate surface area is 112 Å². The topological polar surface area (TPSA) is 52.5 Å². The minimum Gasteiger partial charge on any atom is -0.393 e. The van der Waals surface area contributed by atoms with Crippen LogP contribution in [0.5, 0.6) is 0 Å². The lowest BCUT2D eigenvalue weighted by Gasteiger charge is -2.33. The summed E-state index contributed by atoms with van der Waals surface area (Å²) in [6, 6.07) is 0.887. The fraction of sp³-hybridized carbons (Fsp3) is 1.00. The third-order valence-electron chi connectivity index (χ3n) is 3.93. The maximum absolute atomic E-state index is 9.86. The van der Waals surface area contributed by atoms with Gasteiger partial charge in [-0.15, -0.1) is 0 Å². The van der Waals surface area contributed by atoms with E-state index in [1.165, 1.54) is 19.3 Å². The monoisotopic (exact) mass is 257 g/mol. The molecule has 0 aromatic carbocycles. The summed E-state index contributed by atoms with van der Waals surface area (Å²) in [6.45, 7) is 4.23. The van der Waals surface area contributed by atoms with Crippen LogP contribution in [0.2, 0.25) is 0 Å². The first kappa shape index (κ1) is 15.9. The number of hydrogen-bond donors (Lipinski definition) is 3. The van der Waals surface area contributed by atoms with Gasteiger partial charge in [0.2, 0.25) is 0 Å². The SMILES string of the molecule is CCCC(O)CC1CCCC(CC(O)CCC)N1. The molecule has 3 nitrogen and oxygen atoms in total. The van der Waals surface area contributed by atoms with E-state index in [1.807, 2.05) is 0 Å². The molecule has 0 bridgehead atoms. The van der Waals surface area contributed by atoms with Crippen molar-refractivity contribution in [2.45, 2.75) is 95.9 Å². The van der Waals surface area contributed by atoms with Gasteiger partial charge in [0.15, 0.2) is 0 Å². The van der Waals surface area contributed by atoms with Gasteiger partial charge in [0.25, 0.3) is 0 Å². The van der Waals surface area contributed by atoms with Crippen molar-refractivity contribution in [3.8, 4) is 0 Å². The number of hydrogen-bond acceptors (Lipinski definition) is 3. The predicted molar refractivity (Wildman–Crippen MR) is 75.6 cm³/mol. The van der Waals surface area contributed by atoms with Crippen LogP contribution in [0.1, 0.15) is 71.6 Å². The molecule has 0 aromatic heterocycles. The molecule has 0 aliphatic carbocycles. The summed E-state index contributed by atoms with van der Waals surface area (Å²) in [5, 5.41) is 23.3. The lowest BCUT2D eigenvalue weighted by Crippen LogP contribution is -2.45. The van der Waals surface area contributed by atoms with Gasteiger partial charge in [0.1, 0.15) is 0 Å². The van der Waals surface area contributed by atoms with Crippen molar-refractivity contribution in [3.05, 3.63) is 0 Å². The molecule has 3 heteroatoms. The quantitative estimate of drug-likeness (QED) is 0.626. The van der Waals surface area contributed by atoms with Gasteiger partial charge < -0.3 is 15.5 Å². The zero-order valence-corrected chi connectivity index (χ0v) is 12.1. The molecule has 4 atom stereocenters. The van der Waals surface area contributed by atoms with Crippen LogP contribution >= 0.6 is 0 Å². The molecule has 0 amide bonds. The minimum absolute atomic E-state index is 0.160. The van der Waals surface area contributed by atoms with E-state index in [-0.39, 0.29) is 12.2 Å². The molecule has 1 rings (SSSR count). The zero-order chi connectivity index (χ0) is 13.4. The normalized spacial score (nSPS) is 28.0. The molecule has 1 heterocycles. The van der Waals surface area contributed by atoms with Gasteiger partial charge in [-0.25, -0.2) is 0 Å². The molecular weight excluding hydrogens is 226 g/mol. The summed E-state index contributed by atoms with van der Waals surface area (Å²) in [4.78, 5) is 0. The van der Waals surface area contributed by atoms with Gasteiger partial charge in [-0.1, -0.05) is 33.1 Å². The van der Waals surface area contributed by atoms with E-state index in [0.29, 0.717) is 12.1 Å². The summed E-state index contributed by atoms with van der Waals surface area (Å²) in [5.74, 6) is 0. The minimum atomic E-state index is -0.160. The van der Waals surface area contributed by atoms with E-state index in [1.54, 1.807) is 0 Å². The van der Waals surface area contributed by atoms with Crippen molar-refractivity contribution in [2.75, 3.05) is 0 Å². The van der Waals surface area contributed by atoms with Crippen molar-refractivity contribution in [1.29, 1.82) is 0 Å². The Bertz CT molecular complexity index is 191. The molecule has 0 spiro atoms. The molecular formula is C15H31NO2. The fourth-order valence-corrected chi connectivity index (χ4v) is 3.04. The fourth-order valence-electron chi connectivity index (χ4n) is 3.04. The molecule has 1 fully saturated rings. The van der Waals surface area contributed by atoms with Gasteiger partial charge in [-0.05, 0) is 38.5 Å². The van der Waals surface area contributed by atoms with Crippen molar-refractivity contribution in [1.82, 2.24) is 5.32 Å². The van der Waals surface area contributed by atoms with E-state index in [4.69, 9.17) is 0 Å².